The Balaban J connectivity index is 1.26. The first-order valence-corrected chi connectivity index (χ1v) is 12.8. The van der Waals surface area contributed by atoms with E-state index in [1.165, 1.54) is 38.8 Å². The molecular formula is C28H32N4O3. The summed E-state index contributed by atoms with van der Waals surface area (Å²) < 4.78 is 0. The highest BCUT2D eigenvalue weighted by molar-refractivity contribution is 6.17. The number of fused-ring (bicyclic) bond motifs is 6. The first-order valence-electron chi connectivity index (χ1n) is 12.8. The van der Waals surface area contributed by atoms with Crippen LogP contribution < -0.4 is 4.90 Å². The molecule has 0 spiro atoms. The van der Waals surface area contributed by atoms with E-state index < -0.39 is 6.17 Å². The molecule has 0 bridgehead atoms. The predicted octanol–water partition coefficient (Wildman–Crippen LogP) is 3.52. The Kier molecular flexibility index (Phi) is 5.60. The Bertz CT molecular complexity index is 1180. The number of benzene rings is 2. The zero-order valence-corrected chi connectivity index (χ0v) is 20.2. The van der Waals surface area contributed by atoms with Crippen molar-refractivity contribution in [2.24, 2.45) is 5.92 Å². The summed E-state index contributed by atoms with van der Waals surface area (Å²) in [5, 5.41) is 0. The van der Waals surface area contributed by atoms with Crippen molar-refractivity contribution in [2.75, 3.05) is 38.1 Å². The molecule has 2 fully saturated rings. The highest BCUT2D eigenvalue weighted by atomic mass is 16.2. The standard InChI is InChI=1S/C28H32N4O3/c1-29(17-19-9-8-16-30-15-7-6-13-23(19)30)25(33)18-31-26-20-10-2-3-11-21(20)28(35)32(26)24-14-5-4-12-22(24)27(31)34/h2-5,10-12,14,19,23,26H,6-9,13,15-18H2,1H3. The quantitative estimate of drug-likeness (QED) is 0.683. The van der Waals surface area contributed by atoms with Gasteiger partial charge in [0.1, 0.15) is 12.7 Å². The fourth-order valence-corrected chi connectivity index (χ4v) is 6.64. The van der Waals surface area contributed by atoms with Gasteiger partial charge in [0, 0.05) is 30.8 Å². The van der Waals surface area contributed by atoms with Gasteiger partial charge >= 0.3 is 0 Å². The second-order valence-corrected chi connectivity index (χ2v) is 10.4. The summed E-state index contributed by atoms with van der Waals surface area (Å²) in [7, 11) is 1.86. The van der Waals surface area contributed by atoms with Crippen molar-refractivity contribution in [3.63, 3.8) is 0 Å². The van der Waals surface area contributed by atoms with Gasteiger partial charge in [0.25, 0.3) is 11.8 Å². The number of anilines is 1. The lowest BCUT2D eigenvalue weighted by molar-refractivity contribution is -0.132. The lowest BCUT2D eigenvalue weighted by Crippen LogP contribution is -2.54. The first kappa shape index (κ1) is 22.3. The van der Waals surface area contributed by atoms with Gasteiger partial charge in [-0.1, -0.05) is 36.8 Å². The summed E-state index contributed by atoms with van der Waals surface area (Å²) in [6, 6.07) is 15.2. The molecule has 0 N–H and O–H groups in total. The number of nitrogens with zero attached hydrogens (tertiary/aromatic N) is 4. The number of hydrogen-bond donors (Lipinski definition) is 0. The number of likely N-dealkylation sites (N-methyl/N-ethyl adjacent to an activating group) is 1. The van der Waals surface area contributed by atoms with Gasteiger partial charge in [0.15, 0.2) is 0 Å². The number of rotatable bonds is 4. The van der Waals surface area contributed by atoms with E-state index in [9.17, 15) is 14.4 Å². The molecule has 2 aromatic carbocycles. The molecule has 4 heterocycles. The summed E-state index contributed by atoms with van der Waals surface area (Å²) >= 11 is 0. The molecule has 35 heavy (non-hydrogen) atoms. The monoisotopic (exact) mass is 472 g/mol. The number of hydrogen-bond acceptors (Lipinski definition) is 4. The number of para-hydroxylation sites is 1. The zero-order chi connectivity index (χ0) is 24.1. The maximum absolute atomic E-state index is 13.6. The second-order valence-electron chi connectivity index (χ2n) is 10.4. The minimum atomic E-state index is -0.595. The number of amides is 3. The van der Waals surface area contributed by atoms with Gasteiger partial charge < -0.3 is 14.7 Å². The highest BCUT2D eigenvalue weighted by Crippen LogP contribution is 2.45. The molecule has 4 aliphatic heterocycles. The highest BCUT2D eigenvalue weighted by Gasteiger charge is 2.48. The van der Waals surface area contributed by atoms with Crippen LogP contribution >= 0.6 is 0 Å². The van der Waals surface area contributed by atoms with Crippen LogP contribution in [0.3, 0.4) is 0 Å². The largest absolute Gasteiger partial charge is 0.344 e. The third-order valence-electron chi connectivity index (χ3n) is 8.35. The lowest BCUT2D eigenvalue weighted by Gasteiger charge is -2.45. The minimum absolute atomic E-state index is 0.0481. The molecule has 6 rings (SSSR count). The van der Waals surface area contributed by atoms with Crippen molar-refractivity contribution < 1.29 is 14.4 Å². The van der Waals surface area contributed by atoms with E-state index >= 15 is 0 Å². The topological polar surface area (TPSA) is 64.2 Å². The van der Waals surface area contributed by atoms with Crippen LogP contribution in [0, 0.1) is 5.92 Å². The van der Waals surface area contributed by atoms with Crippen molar-refractivity contribution in [1.82, 2.24) is 14.7 Å². The molecular weight excluding hydrogens is 440 g/mol. The Morgan fingerprint density at radius 1 is 0.914 bits per heavy atom. The van der Waals surface area contributed by atoms with E-state index in [0.29, 0.717) is 35.3 Å². The molecule has 2 saturated heterocycles. The fraction of sp³-hybridized carbons (Fsp3) is 0.464. The molecule has 3 atom stereocenters. The molecule has 0 radical (unpaired) electrons. The molecule has 182 valence electrons. The van der Waals surface area contributed by atoms with Gasteiger partial charge in [-0.3, -0.25) is 19.3 Å². The molecule has 0 aromatic heterocycles. The van der Waals surface area contributed by atoms with Crippen LogP contribution in [0.2, 0.25) is 0 Å². The van der Waals surface area contributed by atoms with Crippen molar-refractivity contribution in [1.29, 1.82) is 0 Å². The number of piperidine rings is 2. The van der Waals surface area contributed by atoms with E-state index in [-0.39, 0.29) is 24.3 Å². The minimum Gasteiger partial charge on any atom is -0.344 e. The second kappa shape index (κ2) is 8.79. The van der Waals surface area contributed by atoms with Gasteiger partial charge in [-0.15, -0.1) is 0 Å². The van der Waals surface area contributed by atoms with Crippen molar-refractivity contribution in [3.05, 3.63) is 65.2 Å². The number of carbonyl (C=O) groups excluding carboxylic acids is 3. The predicted molar refractivity (Wildman–Crippen MR) is 133 cm³/mol. The van der Waals surface area contributed by atoms with Crippen LogP contribution in [-0.4, -0.2) is 71.7 Å². The Morgan fingerprint density at radius 3 is 2.51 bits per heavy atom. The maximum Gasteiger partial charge on any atom is 0.260 e. The molecule has 7 heteroatoms. The average molecular weight is 473 g/mol. The number of carbonyl (C=O) groups is 3. The van der Waals surface area contributed by atoms with Crippen LogP contribution in [0.15, 0.2) is 48.5 Å². The molecule has 3 unspecified atom stereocenters. The average Bonchev–Trinajstić information content (AvgIpc) is 3.19. The van der Waals surface area contributed by atoms with Crippen LogP contribution in [-0.2, 0) is 4.79 Å². The summed E-state index contributed by atoms with van der Waals surface area (Å²) in [6.07, 6.45) is 5.48. The Labute approximate surface area is 206 Å². The third kappa shape index (κ3) is 3.64. The zero-order valence-electron chi connectivity index (χ0n) is 20.2. The van der Waals surface area contributed by atoms with Gasteiger partial charge in [0.05, 0.1) is 11.3 Å². The molecule has 3 amide bonds. The van der Waals surface area contributed by atoms with Gasteiger partial charge in [-0.2, -0.15) is 0 Å². The summed E-state index contributed by atoms with van der Waals surface area (Å²) in [6.45, 7) is 3.01. The summed E-state index contributed by atoms with van der Waals surface area (Å²) in [5.74, 6) is 0.0590. The molecule has 2 aromatic rings. The van der Waals surface area contributed by atoms with Crippen LogP contribution in [0.25, 0.3) is 0 Å². The van der Waals surface area contributed by atoms with E-state index in [1.807, 2.05) is 42.3 Å². The molecule has 0 saturated carbocycles. The summed E-state index contributed by atoms with van der Waals surface area (Å²) in [5.41, 5.74) is 2.44. The Hall–Kier alpha value is -3.19. The summed E-state index contributed by atoms with van der Waals surface area (Å²) in [4.78, 5) is 48.2. The van der Waals surface area contributed by atoms with Crippen molar-refractivity contribution in [3.8, 4) is 0 Å². The van der Waals surface area contributed by atoms with Crippen LogP contribution in [0.4, 0.5) is 5.69 Å². The van der Waals surface area contributed by atoms with Gasteiger partial charge in [-0.25, -0.2) is 0 Å². The van der Waals surface area contributed by atoms with E-state index in [2.05, 4.69) is 4.90 Å². The van der Waals surface area contributed by atoms with Gasteiger partial charge in [0.2, 0.25) is 5.91 Å². The lowest BCUT2D eigenvalue weighted by atomic mass is 9.83. The fourth-order valence-electron chi connectivity index (χ4n) is 6.64. The van der Waals surface area contributed by atoms with E-state index in [4.69, 9.17) is 0 Å². The van der Waals surface area contributed by atoms with E-state index in [1.54, 1.807) is 28.0 Å². The van der Waals surface area contributed by atoms with Crippen LogP contribution in [0.5, 0.6) is 0 Å². The first-order chi connectivity index (χ1) is 17.0. The van der Waals surface area contributed by atoms with Crippen molar-refractivity contribution >= 4 is 23.4 Å². The molecule has 4 aliphatic rings. The molecule has 7 nitrogen and oxygen atoms in total. The van der Waals surface area contributed by atoms with Gasteiger partial charge in [-0.05, 0) is 62.9 Å². The SMILES string of the molecule is CN(CC1CCCN2CCCCC12)C(=O)CN1C(=O)c2ccccc2N2C(=O)c3ccccc3C12. The molecule has 0 aliphatic carbocycles. The normalized spacial score (nSPS) is 25.6. The van der Waals surface area contributed by atoms with Crippen molar-refractivity contribution in [2.45, 2.75) is 44.3 Å². The van der Waals surface area contributed by atoms with E-state index in [0.717, 1.165) is 12.0 Å². The Morgan fingerprint density at radius 2 is 1.66 bits per heavy atom. The smallest absolute Gasteiger partial charge is 0.260 e. The maximum atomic E-state index is 13.6. The third-order valence-corrected chi connectivity index (χ3v) is 8.35. The van der Waals surface area contributed by atoms with Crippen LogP contribution in [0.1, 0.15) is 64.5 Å².